The Balaban J connectivity index is 2.34. The van der Waals surface area contributed by atoms with Crippen molar-refractivity contribution in [3.8, 4) is 5.75 Å². The molecule has 77 valence electrons. The molecule has 0 bridgehead atoms. The molecule has 0 amide bonds. The van der Waals surface area contributed by atoms with E-state index in [0.29, 0.717) is 13.4 Å². The Bertz CT molecular complexity index is 260. The van der Waals surface area contributed by atoms with Gasteiger partial charge in [0.2, 0.25) is 0 Å². The molecule has 3 heteroatoms. The summed E-state index contributed by atoms with van der Waals surface area (Å²) in [5, 5.41) is 0. The van der Waals surface area contributed by atoms with Crippen LogP contribution in [0.3, 0.4) is 0 Å². The van der Waals surface area contributed by atoms with Gasteiger partial charge in [-0.2, -0.15) is 0 Å². The smallest absolute Gasteiger partial charge is 0.146 e. The molecule has 1 radical (unpaired) electrons. The molecule has 0 spiro atoms. The van der Waals surface area contributed by atoms with Crippen LogP contribution in [0, 0.1) is 6.42 Å². The first kappa shape index (κ1) is 11.0. The van der Waals surface area contributed by atoms with E-state index in [0.717, 1.165) is 11.3 Å². The molecule has 0 atom stereocenters. The third-order valence-corrected chi connectivity index (χ3v) is 1.73. The second-order valence-corrected chi connectivity index (χ2v) is 2.76. The Hall–Kier alpha value is -1.06. The van der Waals surface area contributed by atoms with Crippen molar-refractivity contribution in [3.63, 3.8) is 0 Å². The molecule has 0 aliphatic heterocycles. The van der Waals surface area contributed by atoms with Gasteiger partial charge in [-0.05, 0) is 17.7 Å². The van der Waals surface area contributed by atoms with Gasteiger partial charge in [-0.15, -0.1) is 0 Å². The maximum absolute atomic E-state index is 5.14. The van der Waals surface area contributed by atoms with Crippen molar-refractivity contribution in [2.24, 2.45) is 0 Å². The Morgan fingerprint density at radius 1 is 1.29 bits per heavy atom. The summed E-state index contributed by atoms with van der Waals surface area (Å²) in [5.41, 5.74) is 1.08. The molecule has 0 heterocycles. The summed E-state index contributed by atoms with van der Waals surface area (Å²) in [5.74, 6) is 0.852. The Morgan fingerprint density at radius 3 is 2.86 bits per heavy atom. The van der Waals surface area contributed by atoms with Crippen molar-refractivity contribution in [1.29, 1.82) is 0 Å². The molecule has 1 rings (SSSR count). The standard InChI is InChI=1S/C11H15O3/c1-12-9-14-7-6-10-4-3-5-11(8-10)13-2/h3-6,8H,7,9H2,1-2H3. The normalized spacial score (nSPS) is 10.1. The zero-order valence-corrected chi connectivity index (χ0v) is 8.53. The summed E-state index contributed by atoms with van der Waals surface area (Å²) in [6.07, 6.45) is 1.97. The van der Waals surface area contributed by atoms with Crippen LogP contribution < -0.4 is 4.74 Å². The van der Waals surface area contributed by atoms with Crippen LogP contribution in [-0.2, 0) is 9.47 Å². The lowest BCUT2D eigenvalue weighted by molar-refractivity contribution is -0.0213. The first-order valence-corrected chi connectivity index (χ1v) is 4.40. The minimum atomic E-state index is 0.320. The fourth-order valence-corrected chi connectivity index (χ4v) is 1.06. The average molecular weight is 195 g/mol. The maximum Gasteiger partial charge on any atom is 0.146 e. The molecule has 0 N–H and O–H groups in total. The van der Waals surface area contributed by atoms with Gasteiger partial charge in [0.05, 0.1) is 13.7 Å². The highest BCUT2D eigenvalue weighted by Gasteiger charge is 1.96. The maximum atomic E-state index is 5.14. The van der Waals surface area contributed by atoms with Crippen LogP contribution in [0.25, 0.3) is 0 Å². The van der Waals surface area contributed by atoms with E-state index >= 15 is 0 Å². The predicted molar refractivity (Wildman–Crippen MR) is 54.2 cm³/mol. The molecule has 0 saturated heterocycles. The minimum absolute atomic E-state index is 0.320. The molecule has 0 aliphatic carbocycles. The summed E-state index contributed by atoms with van der Waals surface area (Å²) in [7, 11) is 3.26. The number of methoxy groups -OCH3 is 2. The number of hydrogen-bond donors (Lipinski definition) is 0. The SMILES string of the molecule is COCOC[CH]c1cccc(OC)c1. The lowest BCUT2D eigenvalue weighted by Crippen LogP contribution is -1.99. The molecular weight excluding hydrogens is 180 g/mol. The fraction of sp³-hybridized carbons (Fsp3) is 0.364. The van der Waals surface area contributed by atoms with Crippen molar-refractivity contribution in [2.45, 2.75) is 0 Å². The highest BCUT2D eigenvalue weighted by molar-refractivity contribution is 5.32. The first-order chi connectivity index (χ1) is 6.86. The highest BCUT2D eigenvalue weighted by atomic mass is 16.7. The van der Waals surface area contributed by atoms with Gasteiger partial charge in [-0.25, -0.2) is 0 Å². The van der Waals surface area contributed by atoms with Gasteiger partial charge in [0, 0.05) is 13.5 Å². The molecule has 0 fully saturated rings. The van der Waals surface area contributed by atoms with E-state index in [9.17, 15) is 0 Å². The van der Waals surface area contributed by atoms with Crippen LogP contribution in [0.1, 0.15) is 5.56 Å². The second kappa shape index (κ2) is 6.40. The zero-order chi connectivity index (χ0) is 10.2. The third-order valence-electron chi connectivity index (χ3n) is 1.73. The largest absolute Gasteiger partial charge is 0.497 e. The van der Waals surface area contributed by atoms with E-state index in [2.05, 4.69) is 0 Å². The number of ether oxygens (including phenoxy) is 3. The van der Waals surface area contributed by atoms with Gasteiger partial charge in [0.25, 0.3) is 0 Å². The Kier molecular flexibility index (Phi) is 5.04. The van der Waals surface area contributed by atoms with Gasteiger partial charge < -0.3 is 14.2 Å². The quantitative estimate of drug-likeness (QED) is 0.512. The van der Waals surface area contributed by atoms with Crippen molar-refractivity contribution < 1.29 is 14.2 Å². The molecule has 14 heavy (non-hydrogen) atoms. The van der Waals surface area contributed by atoms with Crippen LogP contribution in [0.2, 0.25) is 0 Å². The summed E-state index contributed by atoms with van der Waals surface area (Å²) in [4.78, 5) is 0. The predicted octanol–water partition coefficient (Wildman–Crippen LogP) is 1.87. The van der Waals surface area contributed by atoms with Crippen LogP contribution >= 0.6 is 0 Å². The van der Waals surface area contributed by atoms with Gasteiger partial charge >= 0.3 is 0 Å². The van der Waals surface area contributed by atoms with Crippen LogP contribution in [0.15, 0.2) is 24.3 Å². The topological polar surface area (TPSA) is 27.7 Å². The third kappa shape index (κ3) is 3.77. The Labute approximate surface area is 84.6 Å². The lowest BCUT2D eigenvalue weighted by atomic mass is 10.1. The molecule has 0 unspecified atom stereocenters. The summed E-state index contributed by atoms with van der Waals surface area (Å²) in [6, 6.07) is 7.81. The molecular formula is C11H15O3. The summed E-state index contributed by atoms with van der Waals surface area (Å²) < 4.78 is 15.0. The van der Waals surface area contributed by atoms with Gasteiger partial charge in [-0.1, -0.05) is 12.1 Å². The molecule has 0 saturated carbocycles. The lowest BCUT2D eigenvalue weighted by Gasteiger charge is -2.04. The minimum Gasteiger partial charge on any atom is -0.497 e. The Morgan fingerprint density at radius 2 is 2.14 bits per heavy atom. The molecule has 0 aromatic heterocycles. The van der Waals surface area contributed by atoms with Gasteiger partial charge in [-0.3, -0.25) is 0 Å². The number of rotatable bonds is 6. The second-order valence-electron chi connectivity index (χ2n) is 2.76. The summed E-state index contributed by atoms with van der Waals surface area (Å²) in [6.45, 7) is 0.863. The van der Waals surface area contributed by atoms with Crippen molar-refractivity contribution in [2.75, 3.05) is 27.6 Å². The van der Waals surface area contributed by atoms with E-state index < -0.39 is 0 Å². The van der Waals surface area contributed by atoms with Crippen molar-refractivity contribution in [1.82, 2.24) is 0 Å². The van der Waals surface area contributed by atoms with Gasteiger partial charge in [0.15, 0.2) is 0 Å². The monoisotopic (exact) mass is 195 g/mol. The zero-order valence-electron chi connectivity index (χ0n) is 8.53. The van der Waals surface area contributed by atoms with E-state index in [1.165, 1.54) is 0 Å². The fourth-order valence-electron chi connectivity index (χ4n) is 1.06. The van der Waals surface area contributed by atoms with E-state index in [-0.39, 0.29) is 0 Å². The van der Waals surface area contributed by atoms with Crippen LogP contribution in [-0.4, -0.2) is 27.6 Å². The number of benzene rings is 1. The van der Waals surface area contributed by atoms with E-state index in [1.807, 2.05) is 30.7 Å². The van der Waals surface area contributed by atoms with Gasteiger partial charge in [0.1, 0.15) is 12.5 Å². The molecule has 1 aromatic carbocycles. The van der Waals surface area contributed by atoms with Crippen LogP contribution in [0.5, 0.6) is 5.75 Å². The van der Waals surface area contributed by atoms with E-state index in [4.69, 9.17) is 14.2 Å². The van der Waals surface area contributed by atoms with Crippen molar-refractivity contribution in [3.05, 3.63) is 36.2 Å². The molecule has 0 aliphatic rings. The molecule has 3 nitrogen and oxygen atoms in total. The van der Waals surface area contributed by atoms with E-state index in [1.54, 1.807) is 14.2 Å². The molecule has 1 aromatic rings. The first-order valence-electron chi connectivity index (χ1n) is 4.40. The van der Waals surface area contributed by atoms with Crippen molar-refractivity contribution >= 4 is 0 Å². The van der Waals surface area contributed by atoms with Crippen LogP contribution in [0.4, 0.5) is 0 Å². The summed E-state index contributed by atoms with van der Waals surface area (Å²) >= 11 is 0. The average Bonchev–Trinajstić information content (AvgIpc) is 2.25. The highest BCUT2D eigenvalue weighted by Crippen LogP contribution is 2.13. The number of hydrogen-bond acceptors (Lipinski definition) is 3.